The summed E-state index contributed by atoms with van der Waals surface area (Å²) in [6, 6.07) is 13.7. The molecule has 0 aliphatic heterocycles. The molecule has 2 aromatic heterocycles. The molecule has 0 spiro atoms. The zero-order chi connectivity index (χ0) is 17.8. The lowest BCUT2D eigenvalue weighted by Crippen LogP contribution is -2.03. The van der Waals surface area contributed by atoms with Gasteiger partial charge >= 0.3 is 0 Å². The van der Waals surface area contributed by atoms with Crippen LogP contribution in [0.2, 0.25) is 0 Å². The fraction of sp³-hybridized carbons (Fsp3) is 0.263. The number of benzene rings is 1. The summed E-state index contributed by atoms with van der Waals surface area (Å²) in [5.74, 6) is 2.43. The molecule has 0 bridgehead atoms. The van der Waals surface area contributed by atoms with E-state index in [0.29, 0.717) is 18.2 Å². The standard InChI is InChI=1S/C19H17N5OS/c20-12-14-3-7-17(8-4-14)25-10-11-26-19-23-22-18(24(19)16-5-6-16)15-2-1-9-21-13-15/h1-4,7-9,13,16H,5-6,10-11H2. The largest absolute Gasteiger partial charge is 0.493 e. The van der Waals surface area contributed by atoms with Crippen molar-refractivity contribution in [3.05, 3.63) is 54.4 Å². The Kier molecular flexibility index (Phi) is 4.84. The SMILES string of the molecule is N#Cc1ccc(OCCSc2nnc(-c3cccnc3)n2C2CC2)cc1. The summed E-state index contributed by atoms with van der Waals surface area (Å²) >= 11 is 1.65. The van der Waals surface area contributed by atoms with E-state index in [2.05, 4.69) is 25.8 Å². The Hall–Kier alpha value is -2.85. The van der Waals surface area contributed by atoms with Gasteiger partial charge in [0.25, 0.3) is 0 Å². The molecule has 2 heterocycles. The average molecular weight is 363 g/mol. The third-order valence-corrected chi connectivity index (χ3v) is 4.97. The molecule has 6 nitrogen and oxygen atoms in total. The van der Waals surface area contributed by atoms with Gasteiger partial charge in [-0.25, -0.2) is 0 Å². The predicted molar refractivity (Wildman–Crippen MR) is 98.9 cm³/mol. The maximum absolute atomic E-state index is 8.82. The smallest absolute Gasteiger partial charge is 0.191 e. The highest BCUT2D eigenvalue weighted by atomic mass is 32.2. The molecule has 1 fully saturated rings. The number of pyridine rings is 1. The van der Waals surface area contributed by atoms with Gasteiger partial charge in [-0.2, -0.15) is 5.26 Å². The number of hydrogen-bond donors (Lipinski definition) is 0. The molecule has 0 unspecified atom stereocenters. The summed E-state index contributed by atoms with van der Waals surface area (Å²) < 4.78 is 7.96. The highest BCUT2D eigenvalue weighted by Gasteiger charge is 2.30. The van der Waals surface area contributed by atoms with Gasteiger partial charge in [-0.15, -0.1) is 10.2 Å². The fourth-order valence-electron chi connectivity index (χ4n) is 2.65. The Morgan fingerprint density at radius 1 is 1.19 bits per heavy atom. The van der Waals surface area contributed by atoms with E-state index in [1.165, 1.54) is 12.8 Å². The van der Waals surface area contributed by atoms with Crippen LogP contribution < -0.4 is 4.74 Å². The van der Waals surface area contributed by atoms with E-state index in [1.54, 1.807) is 30.1 Å². The maximum Gasteiger partial charge on any atom is 0.191 e. The van der Waals surface area contributed by atoms with E-state index in [-0.39, 0.29) is 0 Å². The lowest BCUT2D eigenvalue weighted by molar-refractivity contribution is 0.344. The van der Waals surface area contributed by atoms with E-state index >= 15 is 0 Å². The van der Waals surface area contributed by atoms with Crippen LogP contribution in [-0.4, -0.2) is 32.1 Å². The van der Waals surface area contributed by atoms with Gasteiger partial charge in [-0.1, -0.05) is 11.8 Å². The molecular weight excluding hydrogens is 346 g/mol. The van der Waals surface area contributed by atoms with Crippen LogP contribution in [0.4, 0.5) is 0 Å². The van der Waals surface area contributed by atoms with Crippen LogP contribution in [0.25, 0.3) is 11.4 Å². The van der Waals surface area contributed by atoms with E-state index in [0.717, 1.165) is 28.0 Å². The fourth-order valence-corrected chi connectivity index (χ4v) is 3.47. The average Bonchev–Trinajstić information content (AvgIpc) is 3.45. The molecular formula is C19H17N5OS. The van der Waals surface area contributed by atoms with Crippen molar-refractivity contribution in [2.75, 3.05) is 12.4 Å². The van der Waals surface area contributed by atoms with Crippen LogP contribution in [0.3, 0.4) is 0 Å². The molecule has 0 radical (unpaired) electrons. The van der Waals surface area contributed by atoms with Crippen molar-refractivity contribution < 1.29 is 4.74 Å². The van der Waals surface area contributed by atoms with E-state index < -0.39 is 0 Å². The molecule has 0 amide bonds. The summed E-state index contributed by atoms with van der Waals surface area (Å²) in [7, 11) is 0. The second-order valence-electron chi connectivity index (χ2n) is 5.98. The monoisotopic (exact) mass is 363 g/mol. The van der Waals surface area contributed by atoms with Gasteiger partial charge in [0, 0.05) is 29.8 Å². The first-order valence-electron chi connectivity index (χ1n) is 8.46. The normalized spacial score (nSPS) is 13.3. The van der Waals surface area contributed by atoms with Crippen molar-refractivity contribution in [1.82, 2.24) is 19.7 Å². The molecule has 26 heavy (non-hydrogen) atoms. The molecule has 0 atom stereocenters. The highest BCUT2D eigenvalue weighted by Crippen LogP contribution is 2.40. The van der Waals surface area contributed by atoms with Gasteiger partial charge in [0.1, 0.15) is 5.75 Å². The quantitative estimate of drug-likeness (QED) is 0.470. The zero-order valence-electron chi connectivity index (χ0n) is 14.1. The minimum atomic E-state index is 0.488. The van der Waals surface area contributed by atoms with Crippen LogP contribution in [0.15, 0.2) is 53.9 Å². The number of hydrogen-bond acceptors (Lipinski definition) is 6. The first-order chi connectivity index (χ1) is 12.8. The van der Waals surface area contributed by atoms with Gasteiger partial charge in [0.05, 0.1) is 18.2 Å². The zero-order valence-corrected chi connectivity index (χ0v) is 14.9. The number of ether oxygens (including phenoxy) is 1. The Morgan fingerprint density at radius 3 is 2.73 bits per heavy atom. The minimum Gasteiger partial charge on any atom is -0.493 e. The second kappa shape index (κ2) is 7.58. The molecule has 130 valence electrons. The maximum atomic E-state index is 8.82. The molecule has 0 saturated heterocycles. The first kappa shape index (κ1) is 16.6. The summed E-state index contributed by atoms with van der Waals surface area (Å²) in [6.45, 7) is 0.566. The Labute approximate surface area is 155 Å². The van der Waals surface area contributed by atoms with Crippen molar-refractivity contribution in [2.45, 2.75) is 24.0 Å². The Morgan fingerprint density at radius 2 is 2.04 bits per heavy atom. The summed E-state index contributed by atoms with van der Waals surface area (Å²) in [6.07, 6.45) is 5.92. The predicted octanol–water partition coefficient (Wildman–Crippen LogP) is 3.72. The third-order valence-electron chi connectivity index (χ3n) is 4.06. The van der Waals surface area contributed by atoms with Gasteiger partial charge < -0.3 is 4.74 Å². The minimum absolute atomic E-state index is 0.488. The van der Waals surface area contributed by atoms with Crippen LogP contribution in [0.1, 0.15) is 24.4 Å². The Balaban J connectivity index is 1.39. The van der Waals surface area contributed by atoms with Gasteiger partial charge in [0.2, 0.25) is 0 Å². The second-order valence-corrected chi connectivity index (χ2v) is 7.04. The molecule has 1 saturated carbocycles. The molecule has 3 aromatic rings. The molecule has 1 aromatic carbocycles. The number of thioether (sulfide) groups is 1. The summed E-state index contributed by atoms with van der Waals surface area (Å²) in [4.78, 5) is 4.18. The molecule has 0 N–H and O–H groups in total. The van der Waals surface area contributed by atoms with Gasteiger partial charge in [0.15, 0.2) is 11.0 Å². The van der Waals surface area contributed by atoms with E-state index in [1.807, 2.05) is 30.5 Å². The number of nitrogens with zero attached hydrogens (tertiary/aromatic N) is 5. The lowest BCUT2D eigenvalue weighted by atomic mass is 10.2. The lowest BCUT2D eigenvalue weighted by Gasteiger charge is -2.09. The van der Waals surface area contributed by atoms with E-state index in [9.17, 15) is 0 Å². The number of rotatable bonds is 7. The van der Waals surface area contributed by atoms with Crippen molar-refractivity contribution >= 4 is 11.8 Å². The number of nitriles is 1. The molecule has 7 heteroatoms. The number of aromatic nitrogens is 4. The van der Waals surface area contributed by atoms with Crippen LogP contribution >= 0.6 is 11.8 Å². The molecule has 1 aliphatic carbocycles. The van der Waals surface area contributed by atoms with E-state index in [4.69, 9.17) is 10.00 Å². The summed E-state index contributed by atoms with van der Waals surface area (Å²) in [5.41, 5.74) is 1.62. The van der Waals surface area contributed by atoms with Gasteiger partial charge in [-0.05, 0) is 49.2 Å². The van der Waals surface area contributed by atoms with Crippen LogP contribution in [-0.2, 0) is 0 Å². The van der Waals surface area contributed by atoms with Crippen molar-refractivity contribution in [3.63, 3.8) is 0 Å². The van der Waals surface area contributed by atoms with Crippen LogP contribution in [0, 0.1) is 11.3 Å². The third kappa shape index (κ3) is 3.70. The van der Waals surface area contributed by atoms with Crippen LogP contribution in [0.5, 0.6) is 5.75 Å². The molecule has 4 rings (SSSR count). The molecule has 1 aliphatic rings. The summed E-state index contributed by atoms with van der Waals surface area (Å²) in [5, 5.41) is 18.5. The topological polar surface area (TPSA) is 76.6 Å². The van der Waals surface area contributed by atoms with Crippen molar-refractivity contribution in [3.8, 4) is 23.2 Å². The Bertz CT molecular complexity index is 913. The van der Waals surface area contributed by atoms with Gasteiger partial charge in [-0.3, -0.25) is 9.55 Å². The highest BCUT2D eigenvalue weighted by molar-refractivity contribution is 7.99. The first-order valence-corrected chi connectivity index (χ1v) is 9.45. The van der Waals surface area contributed by atoms with Crippen molar-refractivity contribution in [2.24, 2.45) is 0 Å². The van der Waals surface area contributed by atoms with Crippen molar-refractivity contribution in [1.29, 1.82) is 5.26 Å².